The van der Waals surface area contributed by atoms with Gasteiger partial charge < -0.3 is 14.2 Å². The van der Waals surface area contributed by atoms with E-state index < -0.39 is 0 Å². The van der Waals surface area contributed by atoms with Crippen molar-refractivity contribution in [3.63, 3.8) is 0 Å². The molecule has 0 aromatic heterocycles. The minimum Gasteiger partial charge on any atom is -0.469 e. The van der Waals surface area contributed by atoms with Gasteiger partial charge in [0, 0.05) is 19.3 Å². The van der Waals surface area contributed by atoms with E-state index in [0.29, 0.717) is 19.3 Å². The Kier molecular flexibility index (Phi) is 21.4. The van der Waals surface area contributed by atoms with Crippen molar-refractivity contribution in [1.82, 2.24) is 0 Å². The number of rotatable bonds is 3. The van der Waals surface area contributed by atoms with Crippen molar-refractivity contribution >= 4 is 17.9 Å². The Labute approximate surface area is 109 Å². The van der Waals surface area contributed by atoms with Crippen LogP contribution in [0.5, 0.6) is 0 Å². The van der Waals surface area contributed by atoms with Crippen LogP contribution in [-0.2, 0) is 28.6 Å². The van der Waals surface area contributed by atoms with E-state index in [1.807, 2.05) is 0 Å². The second-order valence-corrected chi connectivity index (χ2v) is 2.79. The molecule has 0 saturated heterocycles. The summed E-state index contributed by atoms with van der Waals surface area (Å²) < 4.78 is 12.8. The molecule has 108 valence electrons. The lowest BCUT2D eigenvalue weighted by atomic mass is 10.5. The molecular formula is C12H24O6. The quantitative estimate of drug-likeness (QED) is 0.570. The van der Waals surface area contributed by atoms with Gasteiger partial charge in [0.1, 0.15) is 0 Å². The minimum absolute atomic E-state index is 0.157. The molecule has 0 unspecified atom stereocenters. The van der Waals surface area contributed by atoms with Gasteiger partial charge >= 0.3 is 17.9 Å². The molecule has 0 saturated carbocycles. The first-order chi connectivity index (χ1) is 8.42. The van der Waals surface area contributed by atoms with Crippen LogP contribution in [0.3, 0.4) is 0 Å². The molecule has 0 atom stereocenters. The Morgan fingerprint density at radius 2 is 0.778 bits per heavy atom. The van der Waals surface area contributed by atoms with Gasteiger partial charge in [-0.1, -0.05) is 20.8 Å². The third kappa shape index (κ3) is 23.9. The fourth-order valence-corrected chi connectivity index (χ4v) is 0.433. The second-order valence-electron chi connectivity index (χ2n) is 2.79. The molecule has 0 radical (unpaired) electrons. The molecule has 18 heavy (non-hydrogen) atoms. The molecule has 0 heterocycles. The number of methoxy groups -OCH3 is 3. The van der Waals surface area contributed by atoms with E-state index in [0.717, 1.165) is 0 Å². The van der Waals surface area contributed by atoms with Crippen LogP contribution in [0.15, 0.2) is 0 Å². The first-order valence-electron chi connectivity index (χ1n) is 5.63. The Morgan fingerprint density at radius 3 is 0.778 bits per heavy atom. The summed E-state index contributed by atoms with van der Waals surface area (Å²) in [6.07, 6.45) is 1.41. The molecule has 0 amide bonds. The second kappa shape index (κ2) is 17.8. The lowest BCUT2D eigenvalue weighted by Gasteiger charge is -1.87. The average Bonchev–Trinajstić information content (AvgIpc) is 2.45. The van der Waals surface area contributed by atoms with E-state index in [2.05, 4.69) is 14.2 Å². The smallest absolute Gasteiger partial charge is 0.305 e. The number of carbonyl (C=O) groups is 3. The van der Waals surface area contributed by atoms with E-state index in [-0.39, 0.29) is 17.9 Å². The number of ether oxygens (including phenoxy) is 3. The van der Waals surface area contributed by atoms with Gasteiger partial charge in [-0.2, -0.15) is 0 Å². The van der Waals surface area contributed by atoms with E-state index in [9.17, 15) is 14.4 Å². The van der Waals surface area contributed by atoms with E-state index in [4.69, 9.17) is 0 Å². The van der Waals surface area contributed by atoms with Crippen LogP contribution in [0, 0.1) is 0 Å². The molecule has 0 N–H and O–H groups in total. The summed E-state index contributed by atoms with van der Waals surface area (Å²) in [5.41, 5.74) is 0. The summed E-state index contributed by atoms with van der Waals surface area (Å²) in [5.74, 6) is -0.472. The summed E-state index contributed by atoms with van der Waals surface area (Å²) in [4.78, 5) is 29.9. The third-order valence-electron chi connectivity index (χ3n) is 1.55. The van der Waals surface area contributed by atoms with Gasteiger partial charge in [-0.3, -0.25) is 14.4 Å². The van der Waals surface area contributed by atoms with Gasteiger partial charge in [-0.25, -0.2) is 0 Å². The van der Waals surface area contributed by atoms with Crippen molar-refractivity contribution in [2.75, 3.05) is 21.3 Å². The normalized spacial score (nSPS) is 7.67. The maximum atomic E-state index is 9.96. The molecule has 6 heteroatoms. The SMILES string of the molecule is CCC(=O)OC.CCC(=O)OC.CCC(=O)OC. The molecule has 0 aromatic carbocycles. The van der Waals surface area contributed by atoms with Crippen molar-refractivity contribution in [3.05, 3.63) is 0 Å². The van der Waals surface area contributed by atoms with Crippen LogP contribution in [0.4, 0.5) is 0 Å². The predicted molar refractivity (Wildman–Crippen MR) is 66.9 cm³/mol. The maximum Gasteiger partial charge on any atom is 0.305 e. The predicted octanol–water partition coefficient (Wildman–Crippen LogP) is 1.71. The highest BCUT2D eigenvalue weighted by atomic mass is 16.5. The van der Waals surface area contributed by atoms with Gasteiger partial charge in [0.05, 0.1) is 21.3 Å². The van der Waals surface area contributed by atoms with Crippen molar-refractivity contribution in [2.24, 2.45) is 0 Å². The largest absolute Gasteiger partial charge is 0.469 e. The highest BCUT2D eigenvalue weighted by molar-refractivity contribution is 5.69. The zero-order chi connectivity index (χ0) is 15.0. The zero-order valence-corrected chi connectivity index (χ0v) is 12.1. The summed E-state index contributed by atoms with van der Waals surface area (Å²) >= 11 is 0. The van der Waals surface area contributed by atoms with Crippen LogP contribution in [0.1, 0.15) is 40.0 Å². The highest BCUT2D eigenvalue weighted by Crippen LogP contribution is 1.77. The summed E-state index contributed by atoms with van der Waals surface area (Å²) in [6.45, 7) is 5.27. The Balaban J connectivity index is -0.000000187. The molecular weight excluding hydrogens is 240 g/mol. The lowest BCUT2D eigenvalue weighted by molar-refractivity contribution is -0.141. The number of carbonyl (C=O) groups excluding carboxylic acids is 3. The van der Waals surface area contributed by atoms with Gasteiger partial charge in [0.15, 0.2) is 0 Å². The average molecular weight is 264 g/mol. The molecule has 0 bridgehead atoms. The maximum absolute atomic E-state index is 9.96. The Morgan fingerprint density at radius 1 is 0.611 bits per heavy atom. The molecule has 0 fully saturated rings. The summed E-state index contributed by atoms with van der Waals surface area (Å²) in [6, 6.07) is 0. The van der Waals surface area contributed by atoms with Crippen molar-refractivity contribution in [2.45, 2.75) is 40.0 Å². The summed E-state index contributed by atoms with van der Waals surface area (Å²) in [7, 11) is 4.14. The highest BCUT2D eigenvalue weighted by Gasteiger charge is 1.88. The molecule has 0 aliphatic heterocycles. The minimum atomic E-state index is -0.157. The van der Waals surface area contributed by atoms with E-state index >= 15 is 0 Å². The molecule has 6 nitrogen and oxygen atoms in total. The topological polar surface area (TPSA) is 78.9 Å². The zero-order valence-electron chi connectivity index (χ0n) is 12.1. The lowest BCUT2D eigenvalue weighted by Crippen LogP contribution is -1.94. The van der Waals surface area contributed by atoms with Gasteiger partial charge in [0.25, 0.3) is 0 Å². The van der Waals surface area contributed by atoms with Crippen molar-refractivity contribution in [3.8, 4) is 0 Å². The molecule has 0 aliphatic rings. The standard InChI is InChI=1S/3C4H8O2/c3*1-3-4(5)6-2/h3*3H2,1-2H3. The van der Waals surface area contributed by atoms with Crippen LogP contribution < -0.4 is 0 Å². The molecule has 0 rings (SSSR count). The van der Waals surface area contributed by atoms with Crippen LogP contribution in [0.25, 0.3) is 0 Å². The number of hydrogen-bond acceptors (Lipinski definition) is 6. The number of esters is 3. The Bertz CT molecular complexity index is 169. The summed E-state index contributed by atoms with van der Waals surface area (Å²) in [5, 5.41) is 0. The number of hydrogen-bond donors (Lipinski definition) is 0. The van der Waals surface area contributed by atoms with E-state index in [1.165, 1.54) is 21.3 Å². The van der Waals surface area contributed by atoms with Crippen LogP contribution >= 0.6 is 0 Å². The Hall–Kier alpha value is -1.59. The van der Waals surface area contributed by atoms with Gasteiger partial charge in [-0.05, 0) is 0 Å². The van der Waals surface area contributed by atoms with Crippen molar-refractivity contribution < 1.29 is 28.6 Å². The molecule has 0 spiro atoms. The first kappa shape index (κ1) is 21.7. The third-order valence-corrected chi connectivity index (χ3v) is 1.55. The fourth-order valence-electron chi connectivity index (χ4n) is 0.433. The van der Waals surface area contributed by atoms with Crippen LogP contribution in [0.2, 0.25) is 0 Å². The van der Waals surface area contributed by atoms with Gasteiger partial charge in [0.2, 0.25) is 0 Å². The molecule has 0 aromatic rings. The van der Waals surface area contributed by atoms with Gasteiger partial charge in [-0.15, -0.1) is 0 Å². The first-order valence-corrected chi connectivity index (χ1v) is 5.63. The van der Waals surface area contributed by atoms with Crippen LogP contribution in [-0.4, -0.2) is 39.2 Å². The van der Waals surface area contributed by atoms with E-state index in [1.54, 1.807) is 20.8 Å². The molecule has 0 aliphatic carbocycles. The monoisotopic (exact) mass is 264 g/mol. The van der Waals surface area contributed by atoms with Crippen molar-refractivity contribution in [1.29, 1.82) is 0 Å². The fraction of sp³-hybridized carbons (Fsp3) is 0.750.